The van der Waals surface area contributed by atoms with Crippen LogP contribution in [0.3, 0.4) is 0 Å². The Balaban J connectivity index is 1.38. The third-order valence-electron chi connectivity index (χ3n) is 5.98. The standard InChI is InChI=1S/C27H27BrClN3O3/c1-3-35-25-11-8-19(16-22(25)28)26(33)30-20-9-10-24(23(29)17-20)31-12-14-32(15-13-31)27(34)21-7-5-4-6-18(21)2/h4-11,16-17H,3,12-15H2,1-2H3,(H,30,33). The molecule has 0 aliphatic carbocycles. The first-order valence-corrected chi connectivity index (χ1v) is 12.7. The molecule has 6 nitrogen and oxygen atoms in total. The van der Waals surface area contributed by atoms with Crippen molar-refractivity contribution < 1.29 is 14.3 Å². The molecule has 0 bridgehead atoms. The molecule has 3 aromatic carbocycles. The highest BCUT2D eigenvalue weighted by Gasteiger charge is 2.24. The van der Waals surface area contributed by atoms with E-state index in [9.17, 15) is 9.59 Å². The second-order valence-electron chi connectivity index (χ2n) is 8.29. The Morgan fingerprint density at radius 2 is 1.77 bits per heavy atom. The molecule has 1 N–H and O–H groups in total. The van der Waals surface area contributed by atoms with Gasteiger partial charge in [-0.05, 0) is 77.8 Å². The fraction of sp³-hybridized carbons (Fsp3) is 0.259. The average molecular weight is 557 g/mol. The summed E-state index contributed by atoms with van der Waals surface area (Å²) in [5.41, 5.74) is 3.74. The number of halogens is 2. The number of carbonyl (C=O) groups excluding carboxylic acids is 2. The van der Waals surface area contributed by atoms with Crippen LogP contribution in [0.5, 0.6) is 5.75 Å². The molecule has 1 fully saturated rings. The minimum Gasteiger partial charge on any atom is -0.493 e. The summed E-state index contributed by atoms with van der Waals surface area (Å²) in [5, 5.41) is 3.45. The van der Waals surface area contributed by atoms with Crippen molar-refractivity contribution in [3.05, 3.63) is 86.8 Å². The van der Waals surface area contributed by atoms with Crippen LogP contribution < -0.4 is 15.0 Å². The van der Waals surface area contributed by atoms with Crippen molar-refractivity contribution in [3.8, 4) is 5.75 Å². The fourth-order valence-electron chi connectivity index (χ4n) is 4.09. The van der Waals surface area contributed by atoms with Crippen molar-refractivity contribution in [2.24, 2.45) is 0 Å². The summed E-state index contributed by atoms with van der Waals surface area (Å²) in [6.45, 7) is 7.02. The number of amides is 2. The number of aryl methyl sites for hydroxylation is 1. The third kappa shape index (κ3) is 5.80. The van der Waals surface area contributed by atoms with Crippen molar-refractivity contribution in [2.75, 3.05) is 43.0 Å². The summed E-state index contributed by atoms with van der Waals surface area (Å²) in [4.78, 5) is 29.7. The number of hydrogen-bond acceptors (Lipinski definition) is 4. The zero-order valence-electron chi connectivity index (χ0n) is 19.7. The summed E-state index contributed by atoms with van der Waals surface area (Å²) in [6.07, 6.45) is 0. The van der Waals surface area contributed by atoms with Gasteiger partial charge in [0.1, 0.15) is 5.75 Å². The number of nitrogens with one attached hydrogen (secondary N) is 1. The molecule has 0 spiro atoms. The van der Waals surface area contributed by atoms with E-state index in [0.717, 1.165) is 21.3 Å². The molecule has 8 heteroatoms. The number of benzene rings is 3. The van der Waals surface area contributed by atoms with Crippen LogP contribution in [0.15, 0.2) is 65.1 Å². The first kappa shape index (κ1) is 25.1. The van der Waals surface area contributed by atoms with Crippen molar-refractivity contribution >= 4 is 50.7 Å². The highest BCUT2D eigenvalue weighted by atomic mass is 79.9. The first-order valence-electron chi connectivity index (χ1n) is 11.5. The van der Waals surface area contributed by atoms with Crippen molar-refractivity contribution in [3.63, 3.8) is 0 Å². The molecule has 1 saturated heterocycles. The first-order chi connectivity index (χ1) is 16.9. The maximum atomic E-state index is 12.9. The predicted molar refractivity (Wildman–Crippen MR) is 144 cm³/mol. The molecule has 1 heterocycles. The molecule has 1 aliphatic heterocycles. The molecule has 0 atom stereocenters. The maximum absolute atomic E-state index is 12.9. The Bertz CT molecular complexity index is 1240. The number of nitrogens with zero attached hydrogens (tertiary/aromatic N) is 2. The van der Waals surface area contributed by atoms with E-state index in [-0.39, 0.29) is 11.8 Å². The van der Waals surface area contributed by atoms with Crippen LogP contribution in [0.4, 0.5) is 11.4 Å². The summed E-state index contributed by atoms with van der Waals surface area (Å²) >= 11 is 10.0. The molecular formula is C27H27BrClN3O3. The fourth-order valence-corrected chi connectivity index (χ4v) is 4.89. The van der Waals surface area contributed by atoms with Crippen LogP contribution in [0.2, 0.25) is 5.02 Å². The van der Waals surface area contributed by atoms with Gasteiger partial charge in [0, 0.05) is 43.0 Å². The Labute approximate surface area is 219 Å². The zero-order valence-corrected chi connectivity index (χ0v) is 22.0. The molecule has 0 radical (unpaired) electrons. The molecule has 4 rings (SSSR count). The second kappa shape index (κ2) is 11.1. The highest BCUT2D eigenvalue weighted by molar-refractivity contribution is 9.10. The molecule has 0 saturated carbocycles. The van der Waals surface area contributed by atoms with Crippen molar-refractivity contribution in [2.45, 2.75) is 13.8 Å². The van der Waals surface area contributed by atoms with Crippen LogP contribution in [0.25, 0.3) is 0 Å². The van der Waals surface area contributed by atoms with Gasteiger partial charge in [0.2, 0.25) is 0 Å². The van der Waals surface area contributed by atoms with E-state index >= 15 is 0 Å². The van der Waals surface area contributed by atoms with E-state index in [1.807, 2.05) is 55.1 Å². The molecule has 3 aromatic rings. The molecule has 182 valence electrons. The number of hydrogen-bond donors (Lipinski definition) is 1. The number of anilines is 2. The number of carbonyl (C=O) groups is 2. The zero-order chi connectivity index (χ0) is 24.9. The van der Waals surface area contributed by atoms with E-state index in [4.69, 9.17) is 16.3 Å². The lowest BCUT2D eigenvalue weighted by atomic mass is 10.1. The van der Waals surface area contributed by atoms with Gasteiger partial charge < -0.3 is 19.9 Å². The van der Waals surface area contributed by atoms with Gasteiger partial charge in [-0.15, -0.1) is 0 Å². The van der Waals surface area contributed by atoms with Crippen LogP contribution in [-0.2, 0) is 0 Å². The number of piperazine rings is 1. The van der Waals surface area contributed by atoms with Gasteiger partial charge in [0.05, 0.1) is 21.8 Å². The SMILES string of the molecule is CCOc1ccc(C(=O)Nc2ccc(N3CCN(C(=O)c4ccccc4C)CC3)c(Cl)c2)cc1Br. The molecular weight excluding hydrogens is 530 g/mol. The summed E-state index contributed by atoms with van der Waals surface area (Å²) in [5.74, 6) is 0.519. The van der Waals surface area contributed by atoms with Gasteiger partial charge in [-0.2, -0.15) is 0 Å². The number of ether oxygens (including phenoxy) is 1. The van der Waals surface area contributed by atoms with E-state index in [1.54, 1.807) is 24.3 Å². The van der Waals surface area contributed by atoms with Crippen LogP contribution in [0, 0.1) is 6.92 Å². The maximum Gasteiger partial charge on any atom is 0.255 e. The molecule has 1 aliphatic rings. The Morgan fingerprint density at radius 1 is 1.03 bits per heavy atom. The van der Waals surface area contributed by atoms with Gasteiger partial charge in [-0.3, -0.25) is 9.59 Å². The van der Waals surface area contributed by atoms with Crippen LogP contribution in [-0.4, -0.2) is 49.5 Å². The Morgan fingerprint density at radius 3 is 2.43 bits per heavy atom. The van der Waals surface area contributed by atoms with Gasteiger partial charge >= 0.3 is 0 Å². The minimum absolute atomic E-state index is 0.0628. The van der Waals surface area contributed by atoms with Gasteiger partial charge in [-0.1, -0.05) is 29.8 Å². The Kier molecular flexibility index (Phi) is 7.98. The quantitative estimate of drug-likeness (QED) is 0.403. The van der Waals surface area contributed by atoms with Crippen LogP contribution in [0.1, 0.15) is 33.2 Å². The molecule has 0 aromatic heterocycles. The van der Waals surface area contributed by atoms with E-state index in [2.05, 4.69) is 26.1 Å². The molecule has 35 heavy (non-hydrogen) atoms. The summed E-state index contributed by atoms with van der Waals surface area (Å²) in [7, 11) is 0. The van der Waals surface area contributed by atoms with Crippen molar-refractivity contribution in [1.82, 2.24) is 4.90 Å². The Hall–Kier alpha value is -3.03. The van der Waals surface area contributed by atoms with E-state index in [1.165, 1.54) is 0 Å². The summed E-state index contributed by atoms with van der Waals surface area (Å²) in [6, 6.07) is 18.4. The lowest BCUT2D eigenvalue weighted by molar-refractivity contribution is 0.0746. The highest BCUT2D eigenvalue weighted by Crippen LogP contribution is 2.31. The van der Waals surface area contributed by atoms with Gasteiger partial charge in [0.15, 0.2) is 0 Å². The summed E-state index contributed by atoms with van der Waals surface area (Å²) < 4.78 is 6.22. The third-order valence-corrected chi connectivity index (χ3v) is 6.90. The lowest BCUT2D eigenvalue weighted by Gasteiger charge is -2.36. The molecule has 0 unspecified atom stereocenters. The van der Waals surface area contributed by atoms with E-state index < -0.39 is 0 Å². The topological polar surface area (TPSA) is 61.9 Å². The average Bonchev–Trinajstić information content (AvgIpc) is 2.85. The largest absolute Gasteiger partial charge is 0.493 e. The minimum atomic E-state index is -0.235. The van der Waals surface area contributed by atoms with Gasteiger partial charge in [0.25, 0.3) is 11.8 Å². The van der Waals surface area contributed by atoms with Crippen LogP contribution >= 0.6 is 27.5 Å². The van der Waals surface area contributed by atoms with E-state index in [0.29, 0.717) is 54.8 Å². The second-order valence-corrected chi connectivity index (χ2v) is 9.55. The van der Waals surface area contributed by atoms with Crippen molar-refractivity contribution in [1.29, 1.82) is 0 Å². The normalized spacial score (nSPS) is 13.5. The monoisotopic (exact) mass is 555 g/mol. The lowest BCUT2D eigenvalue weighted by Crippen LogP contribution is -2.49. The smallest absolute Gasteiger partial charge is 0.255 e. The van der Waals surface area contributed by atoms with Gasteiger partial charge in [-0.25, -0.2) is 0 Å². The molecule has 2 amide bonds. The predicted octanol–water partition coefficient (Wildman–Crippen LogP) is 6.02. The number of rotatable bonds is 6.